The number of ketones is 1. The molecule has 13 atom stereocenters. The maximum absolute atomic E-state index is 15.1. The standard InChI is InChI=1S/C89H119N19O28S/c1-5-6-7-8-9-10-14-27-70(112)98-61(38-53-45-93-59-25-18-16-22-56(53)59)83(127)101-62(40-69(91)111)84(128)103-65(43-76(121)122)85(129)106-78-51(4)136-89(133)66(39-68(110)57-23-15-17-24-58(57)90)104-88(132)77(49(2)37-73(115)116)105-86(130)67(48-109)99-72(114)46-94-80(124)63(41-74(117)118)100-79(123)50(3)96-82(126)64(42-75(119)120)102-81(125)60(97-71(113)47-95-87(78)131)26-19-32-92-44-52-28-30-55(31-29-52)137(134,135)108-35-33-107(34-36-108)54-20-12-11-13-21-54/h11-13,15-18,20-25,28-31,45,49-51,60-67,77-78,92-93,109H,5-10,14,19,26-27,32-44,46-48,90H2,1-4H3,(H2,91,111)(H,94,124)(H,95,131)(H,96,126)(H,97,113)(H,98,112)(H,99,114)(H,100,123)(H,101,127)(H,102,125)(H,103,128)(H,104,132)(H,105,130)(H,106,129)(H,115,116)(H,117,118)(H,119,120)(H,121,122). The third kappa shape index (κ3) is 35.3. The number of para-hydroxylation sites is 3. The average Bonchev–Trinajstić information content (AvgIpc) is 0.892. The summed E-state index contributed by atoms with van der Waals surface area (Å²) in [4.78, 5) is 283. The zero-order valence-electron chi connectivity index (χ0n) is 75.9. The Bertz CT molecular complexity index is 5270. The summed E-state index contributed by atoms with van der Waals surface area (Å²) < 4.78 is 34.8. The van der Waals surface area contributed by atoms with E-state index in [9.17, 15) is 115 Å². The molecule has 1 aromatic heterocycles. The number of aliphatic hydroxyl groups is 1. The number of unbranched alkanes of at least 4 members (excludes halogenated alkanes) is 6. The van der Waals surface area contributed by atoms with Crippen molar-refractivity contribution in [1.29, 1.82) is 0 Å². The molecule has 3 heterocycles. The molecule has 24 N–H and O–H groups in total. The molecule has 5 aromatic rings. The van der Waals surface area contributed by atoms with Crippen molar-refractivity contribution in [3.63, 3.8) is 0 Å². The summed E-state index contributed by atoms with van der Waals surface area (Å²) in [6, 6.07) is 4.35. The number of aliphatic hydroxyl groups excluding tert-OH is 1. The van der Waals surface area contributed by atoms with E-state index in [2.05, 4.69) is 80.6 Å². The van der Waals surface area contributed by atoms with Crippen LogP contribution in [0.1, 0.15) is 152 Å². The number of carbonyl (C=O) groups is 20. The van der Waals surface area contributed by atoms with Gasteiger partial charge in [-0.3, -0.25) is 91.1 Å². The molecule has 137 heavy (non-hydrogen) atoms. The van der Waals surface area contributed by atoms with Crippen molar-refractivity contribution < 1.29 is 135 Å². The third-order valence-electron chi connectivity index (χ3n) is 22.3. The molecule has 13 unspecified atom stereocenters. The molecule has 2 fully saturated rings. The number of sulfonamides is 1. The summed E-state index contributed by atoms with van der Waals surface area (Å²) in [5.74, 6) is -30.2. The number of aromatic nitrogens is 1. The van der Waals surface area contributed by atoms with E-state index in [4.69, 9.17) is 16.2 Å². The minimum absolute atomic E-state index is 0.00856. The molecule has 48 heteroatoms. The van der Waals surface area contributed by atoms with Crippen molar-refractivity contribution in [1.82, 2.24) is 83.7 Å². The molecule has 4 aromatic carbocycles. The van der Waals surface area contributed by atoms with Gasteiger partial charge in [-0.1, -0.05) is 113 Å². The van der Waals surface area contributed by atoms with Crippen LogP contribution in [0.2, 0.25) is 0 Å². The number of piperazine rings is 1. The number of aromatic amines is 1. The fraction of sp³-hybridized carbons (Fsp3) is 0.483. The second-order valence-electron chi connectivity index (χ2n) is 33.0. The van der Waals surface area contributed by atoms with E-state index in [1.165, 1.54) is 40.7 Å². The predicted octanol–water partition coefficient (Wildman–Crippen LogP) is -3.28. The first kappa shape index (κ1) is 109. The van der Waals surface area contributed by atoms with E-state index in [1.54, 1.807) is 42.6 Å². The Morgan fingerprint density at radius 3 is 1.72 bits per heavy atom. The first-order valence-corrected chi connectivity index (χ1v) is 45.9. The maximum Gasteiger partial charge on any atom is 0.329 e. The van der Waals surface area contributed by atoms with Crippen LogP contribution in [-0.4, -0.2) is 287 Å². The molecule has 47 nitrogen and oxygen atoms in total. The fourth-order valence-corrected chi connectivity index (χ4v) is 16.3. The largest absolute Gasteiger partial charge is 0.481 e. The molecular weight excluding hydrogens is 1820 g/mol. The Balaban J connectivity index is 1.25. The highest BCUT2D eigenvalue weighted by atomic mass is 32.2. The Hall–Kier alpha value is -14.5. The molecule has 0 spiro atoms. The van der Waals surface area contributed by atoms with E-state index in [1.807, 2.05) is 41.0 Å². The first-order chi connectivity index (χ1) is 65.0. The van der Waals surface area contributed by atoms with Crippen molar-refractivity contribution in [3.05, 3.63) is 126 Å². The van der Waals surface area contributed by atoms with Crippen LogP contribution in [0.5, 0.6) is 0 Å². The topological polar surface area (TPSA) is 729 Å². The third-order valence-corrected chi connectivity index (χ3v) is 24.2. The van der Waals surface area contributed by atoms with Gasteiger partial charge in [-0.15, -0.1) is 0 Å². The number of carboxylic acid groups (broad SMARTS) is 4. The zero-order chi connectivity index (χ0) is 101. The number of nitrogens with two attached hydrogens (primary N) is 2. The van der Waals surface area contributed by atoms with E-state index in [0.717, 1.165) is 58.6 Å². The van der Waals surface area contributed by atoms with Gasteiger partial charge < -0.3 is 126 Å². The number of Topliss-reactive ketones (excluding diaryl/α,β-unsaturated/α-hetero) is 1. The first-order valence-electron chi connectivity index (χ1n) is 44.4. The fourth-order valence-electron chi connectivity index (χ4n) is 14.8. The number of primary amides is 1. The SMILES string of the molecule is CCCCCCCCCC(=O)NC(Cc1c[nH]c2ccccc12)C(=O)NC(CC(N)=O)C(=O)NC(CC(=O)O)C(=O)NC1C(=O)NCC(=O)NC(CCCNCc2ccc(S(=O)(=O)N3CCN(c4ccccc4)CC3)cc2)C(=O)NC(CC(=O)O)C(=O)NC(C)C(=O)NC(CC(=O)O)C(=O)NCC(=O)NC(CO)C(=O)NC(C(C)CC(=O)O)C(=O)NC(CC(=O)c2ccccc2N)C(=O)OC1C. The van der Waals surface area contributed by atoms with Crippen molar-refractivity contribution in [2.75, 3.05) is 63.1 Å². The molecular formula is C89H119N19O28S. The van der Waals surface area contributed by atoms with Gasteiger partial charge in [0.1, 0.15) is 72.6 Å². The highest BCUT2D eigenvalue weighted by Crippen LogP contribution is 2.25. The summed E-state index contributed by atoms with van der Waals surface area (Å²) in [5, 5.41) is 83.0. The number of carbonyl (C=O) groups excluding carboxylic acids is 16. The Morgan fingerprint density at radius 1 is 0.540 bits per heavy atom. The number of nitrogen functional groups attached to an aromatic ring is 1. The number of aliphatic carboxylic acids is 4. The van der Waals surface area contributed by atoms with Crippen LogP contribution in [0, 0.1) is 5.92 Å². The van der Waals surface area contributed by atoms with Crippen LogP contribution in [0.15, 0.2) is 114 Å². The molecule has 14 amide bonds. The van der Waals surface area contributed by atoms with E-state index in [0.29, 0.717) is 48.0 Å². The molecule has 0 saturated carbocycles. The molecule has 744 valence electrons. The van der Waals surface area contributed by atoms with Crippen molar-refractivity contribution in [2.24, 2.45) is 11.7 Å². The lowest BCUT2D eigenvalue weighted by Crippen LogP contribution is -2.62. The number of anilines is 2. The molecule has 2 aliphatic rings. The lowest BCUT2D eigenvalue weighted by molar-refractivity contribution is -0.156. The van der Waals surface area contributed by atoms with E-state index >= 15 is 14.4 Å². The Labute approximate surface area is 786 Å². The van der Waals surface area contributed by atoms with E-state index in [-0.39, 0.29) is 61.6 Å². The van der Waals surface area contributed by atoms with Gasteiger partial charge in [0.05, 0.1) is 56.7 Å². The average molecular weight is 1940 g/mol. The van der Waals surface area contributed by atoms with Crippen molar-refractivity contribution in [2.45, 2.75) is 221 Å². The van der Waals surface area contributed by atoms with Gasteiger partial charge in [0, 0.05) is 86.0 Å². The summed E-state index contributed by atoms with van der Waals surface area (Å²) >= 11 is 0. The number of H-pyrrole nitrogens is 1. The van der Waals surface area contributed by atoms with Crippen LogP contribution in [-0.2, 0) is 119 Å². The number of rotatable bonds is 41. The van der Waals surface area contributed by atoms with Crippen LogP contribution in [0.3, 0.4) is 0 Å². The second kappa shape index (κ2) is 54.1. The number of hydrogen-bond acceptors (Lipinski definition) is 27. The molecule has 7 rings (SSSR count). The number of fused-ring (bicyclic) bond motifs is 1. The van der Waals surface area contributed by atoms with Gasteiger partial charge in [0.2, 0.25) is 92.7 Å². The number of ether oxygens (including phenoxy) is 1. The normalized spacial score (nSPS) is 20.6. The summed E-state index contributed by atoms with van der Waals surface area (Å²) in [6.07, 6.45) is -2.72. The quantitative estimate of drug-likeness (QED) is 0.00790. The number of benzene rings is 4. The monoisotopic (exact) mass is 1930 g/mol. The van der Waals surface area contributed by atoms with Gasteiger partial charge in [0.15, 0.2) is 5.78 Å². The highest BCUT2D eigenvalue weighted by Gasteiger charge is 2.42. The van der Waals surface area contributed by atoms with E-state index < -0.39 is 271 Å². The lowest BCUT2D eigenvalue weighted by Gasteiger charge is -2.35. The van der Waals surface area contributed by atoms with Crippen molar-refractivity contribution in [3.8, 4) is 0 Å². The number of cyclic esters (lactones) is 1. The maximum atomic E-state index is 15.1. The highest BCUT2D eigenvalue weighted by molar-refractivity contribution is 7.89. The minimum atomic E-state index is -3.95. The zero-order valence-corrected chi connectivity index (χ0v) is 76.7. The second-order valence-corrected chi connectivity index (χ2v) is 34.9. The summed E-state index contributed by atoms with van der Waals surface area (Å²) in [7, 11) is -3.95. The van der Waals surface area contributed by atoms with Gasteiger partial charge in [-0.25, -0.2) is 13.2 Å². The van der Waals surface area contributed by atoms with Gasteiger partial charge >= 0.3 is 29.8 Å². The summed E-state index contributed by atoms with van der Waals surface area (Å²) in [5.41, 5.74) is 13.9. The minimum Gasteiger partial charge on any atom is -0.481 e. The van der Waals surface area contributed by atoms with Gasteiger partial charge in [-0.2, -0.15) is 4.31 Å². The lowest BCUT2D eigenvalue weighted by atomic mass is 9.96. The molecule has 2 saturated heterocycles. The van der Waals surface area contributed by atoms with Gasteiger partial charge in [-0.05, 0) is 99.2 Å². The van der Waals surface area contributed by atoms with Crippen LogP contribution in [0.25, 0.3) is 10.9 Å². The van der Waals surface area contributed by atoms with Gasteiger partial charge in [0.25, 0.3) is 0 Å². The number of amides is 14. The molecule has 0 aliphatic carbocycles. The number of hydrogen-bond donors (Lipinski definition) is 22. The molecule has 2 aliphatic heterocycles. The van der Waals surface area contributed by atoms with Crippen molar-refractivity contribution >= 4 is 151 Å². The molecule has 0 bridgehead atoms. The molecule has 0 radical (unpaired) electrons. The van der Waals surface area contributed by atoms with Crippen LogP contribution < -0.4 is 90.8 Å². The number of nitrogens with zero attached hydrogens (tertiary/aromatic N) is 2. The predicted molar refractivity (Wildman–Crippen MR) is 487 cm³/mol. The number of carboxylic acids is 4. The number of esters is 1. The smallest absolute Gasteiger partial charge is 0.329 e. The Morgan fingerprint density at radius 2 is 1.09 bits per heavy atom. The van der Waals surface area contributed by atoms with Crippen LogP contribution >= 0.6 is 0 Å². The Kier molecular flexibility index (Phi) is 43.2. The summed E-state index contributed by atoms with van der Waals surface area (Å²) in [6.45, 7) is 2.48. The van der Waals surface area contributed by atoms with Crippen LogP contribution in [0.4, 0.5) is 11.4 Å². The number of nitrogens with one attached hydrogen (secondary N) is 15.